The quantitative estimate of drug-likeness (QED) is 0.769. The summed E-state index contributed by atoms with van der Waals surface area (Å²) in [6, 6.07) is 4.02. The van der Waals surface area contributed by atoms with Crippen LogP contribution in [0.5, 0.6) is 0 Å². The highest BCUT2D eigenvalue weighted by Crippen LogP contribution is 2.22. The van der Waals surface area contributed by atoms with Crippen molar-refractivity contribution >= 4 is 18.3 Å². The molecule has 0 bridgehead atoms. The predicted octanol–water partition coefficient (Wildman–Crippen LogP) is 3.05. The predicted molar refractivity (Wildman–Crippen MR) is 102 cm³/mol. The summed E-state index contributed by atoms with van der Waals surface area (Å²) in [5.74, 6) is 0.891. The zero-order valence-corrected chi connectivity index (χ0v) is 16.2. The van der Waals surface area contributed by atoms with Gasteiger partial charge in [-0.25, -0.2) is 0 Å². The smallest absolute Gasteiger partial charge is 0.272 e. The van der Waals surface area contributed by atoms with Crippen molar-refractivity contribution in [1.29, 1.82) is 0 Å². The molecule has 1 unspecified atom stereocenters. The molecule has 0 saturated carbocycles. The first-order valence-corrected chi connectivity index (χ1v) is 9.20. The Morgan fingerprint density at radius 1 is 1.46 bits per heavy atom. The first kappa shape index (κ1) is 20.5. The molecule has 8 heteroatoms. The van der Waals surface area contributed by atoms with Crippen LogP contribution in [0.15, 0.2) is 22.9 Å². The lowest BCUT2D eigenvalue weighted by Crippen LogP contribution is -2.32. The van der Waals surface area contributed by atoms with Gasteiger partial charge in [-0.2, -0.15) is 5.10 Å². The van der Waals surface area contributed by atoms with E-state index in [1.807, 2.05) is 16.9 Å². The summed E-state index contributed by atoms with van der Waals surface area (Å²) in [7, 11) is 0. The van der Waals surface area contributed by atoms with E-state index in [0.717, 1.165) is 44.5 Å². The lowest BCUT2D eigenvalue weighted by atomic mass is 9.99. The average molecular weight is 382 g/mol. The average Bonchev–Trinajstić information content (AvgIpc) is 3.32. The van der Waals surface area contributed by atoms with Crippen LogP contribution in [0, 0.1) is 0 Å². The first-order valence-electron chi connectivity index (χ1n) is 9.20. The number of rotatable bonds is 7. The number of carbonyl (C=O) groups excluding carboxylic acids is 1. The van der Waals surface area contributed by atoms with Crippen molar-refractivity contribution in [2.24, 2.45) is 0 Å². The molecule has 7 nitrogen and oxygen atoms in total. The maximum atomic E-state index is 12.3. The molecular weight excluding hydrogens is 354 g/mol. The van der Waals surface area contributed by atoms with E-state index in [1.165, 1.54) is 0 Å². The molecule has 0 radical (unpaired) electrons. The summed E-state index contributed by atoms with van der Waals surface area (Å²) in [6.45, 7) is 6.57. The second-order valence-electron chi connectivity index (χ2n) is 6.60. The van der Waals surface area contributed by atoms with E-state index in [9.17, 15) is 4.79 Å². The summed E-state index contributed by atoms with van der Waals surface area (Å²) in [5, 5.41) is 14.8. The molecule has 1 atom stereocenters. The van der Waals surface area contributed by atoms with Crippen LogP contribution in [0.2, 0.25) is 0 Å². The fourth-order valence-corrected chi connectivity index (χ4v) is 3.29. The van der Waals surface area contributed by atoms with E-state index in [-0.39, 0.29) is 18.3 Å². The number of amides is 1. The number of hydrogen-bond donors (Lipinski definition) is 2. The highest BCUT2D eigenvalue weighted by molar-refractivity contribution is 5.92. The summed E-state index contributed by atoms with van der Waals surface area (Å²) < 4.78 is 7.23. The molecule has 0 spiro atoms. The number of halogens is 1. The van der Waals surface area contributed by atoms with Crippen LogP contribution in [-0.4, -0.2) is 33.9 Å². The Labute approximate surface area is 160 Å². The zero-order chi connectivity index (χ0) is 17.6. The molecule has 1 aliphatic rings. The Morgan fingerprint density at radius 2 is 2.27 bits per heavy atom. The normalized spacial score (nSPS) is 17.1. The number of nitrogens with zero attached hydrogens (tertiary/aromatic N) is 3. The molecular formula is C18H28ClN5O2. The Hall–Kier alpha value is -1.86. The minimum atomic E-state index is -0.192. The van der Waals surface area contributed by atoms with E-state index in [4.69, 9.17) is 4.52 Å². The molecule has 144 valence electrons. The highest BCUT2D eigenvalue weighted by Gasteiger charge is 2.18. The molecule has 1 aliphatic heterocycles. The van der Waals surface area contributed by atoms with Crippen molar-refractivity contribution in [2.75, 3.05) is 13.1 Å². The van der Waals surface area contributed by atoms with Gasteiger partial charge in [-0.15, -0.1) is 12.4 Å². The second-order valence-corrected chi connectivity index (χ2v) is 6.60. The van der Waals surface area contributed by atoms with Crippen LogP contribution in [0.1, 0.15) is 73.4 Å². The standard InChI is InChI=1S/C18H27N5O2.ClH/c1-3-13(4-2)17-10-15(25-22-17)12-20-18(24)16-7-9-23(21-16)14-6-5-8-19-11-14;/h7,9-10,13-14,19H,3-6,8,11-12H2,1-2H3,(H,20,24);1H. The lowest BCUT2D eigenvalue weighted by molar-refractivity contribution is 0.0940. The Balaban J connectivity index is 0.00000243. The molecule has 1 fully saturated rings. The largest absolute Gasteiger partial charge is 0.359 e. The minimum absolute atomic E-state index is 0. The number of nitrogens with one attached hydrogen (secondary N) is 2. The molecule has 3 rings (SSSR count). The van der Waals surface area contributed by atoms with E-state index >= 15 is 0 Å². The fourth-order valence-electron chi connectivity index (χ4n) is 3.29. The number of aromatic nitrogens is 3. The summed E-state index contributed by atoms with van der Waals surface area (Å²) >= 11 is 0. The number of piperidine rings is 1. The van der Waals surface area contributed by atoms with E-state index in [1.54, 1.807) is 6.07 Å². The van der Waals surface area contributed by atoms with Crippen LogP contribution in [0.25, 0.3) is 0 Å². The molecule has 2 aromatic rings. The van der Waals surface area contributed by atoms with Gasteiger partial charge in [-0.3, -0.25) is 9.48 Å². The number of carbonyl (C=O) groups is 1. The minimum Gasteiger partial charge on any atom is -0.359 e. The molecule has 1 saturated heterocycles. The first-order chi connectivity index (χ1) is 12.2. The second kappa shape index (κ2) is 9.73. The number of hydrogen-bond acceptors (Lipinski definition) is 5. The van der Waals surface area contributed by atoms with Crippen molar-refractivity contribution < 1.29 is 9.32 Å². The van der Waals surface area contributed by atoms with Gasteiger partial charge >= 0.3 is 0 Å². The monoisotopic (exact) mass is 381 g/mol. The van der Waals surface area contributed by atoms with E-state index in [2.05, 4.69) is 34.7 Å². The Bertz CT molecular complexity index is 689. The zero-order valence-electron chi connectivity index (χ0n) is 15.4. The summed E-state index contributed by atoms with van der Waals surface area (Å²) in [5.41, 5.74) is 1.40. The van der Waals surface area contributed by atoms with Gasteiger partial charge in [0.05, 0.1) is 18.3 Å². The van der Waals surface area contributed by atoms with Gasteiger partial charge in [-0.1, -0.05) is 19.0 Å². The maximum absolute atomic E-state index is 12.3. The molecule has 2 N–H and O–H groups in total. The topological polar surface area (TPSA) is 85.0 Å². The Morgan fingerprint density at radius 3 is 2.96 bits per heavy atom. The Kier molecular flexibility index (Phi) is 7.66. The summed E-state index contributed by atoms with van der Waals surface area (Å²) in [4.78, 5) is 12.3. The van der Waals surface area contributed by atoms with Gasteiger partial charge in [0.25, 0.3) is 5.91 Å². The maximum Gasteiger partial charge on any atom is 0.272 e. The van der Waals surface area contributed by atoms with Crippen LogP contribution in [-0.2, 0) is 6.54 Å². The van der Waals surface area contributed by atoms with Crippen molar-refractivity contribution in [3.8, 4) is 0 Å². The van der Waals surface area contributed by atoms with Crippen LogP contribution in [0.4, 0.5) is 0 Å². The van der Waals surface area contributed by atoms with E-state index in [0.29, 0.717) is 30.0 Å². The summed E-state index contributed by atoms with van der Waals surface area (Å²) in [6.07, 6.45) is 6.17. The van der Waals surface area contributed by atoms with E-state index < -0.39 is 0 Å². The van der Waals surface area contributed by atoms with Gasteiger partial charge in [0.2, 0.25) is 0 Å². The van der Waals surface area contributed by atoms with Gasteiger partial charge in [0.1, 0.15) is 5.69 Å². The fraction of sp³-hybridized carbons (Fsp3) is 0.611. The molecule has 0 aromatic carbocycles. The van der Waals surface area contributed by atoms with Crippen molar-refractivity contribution in [3.05, 3.63) is 35.5 Å². The van der Waals surface area contributed by atoms with Crippen LogP contribution in [0.3, 0.4) is 0 Å². The van der Waals surface area contributed by atoms with Crippen molar-refractivity contribution in [3.63, 3.8) is 0 Å². The molecule has 1 amide bonds. The van der Waals surface area contributed by atoms with Crippen LogP contribution >= 0.6 is 12.4 Å². The van der Waals surface area contributed by atoms with Gasteiger partial charge in [0, 0.05) is 24.7 Å². The van der Waals surface area contributed by atoms with Gasteiger partial charge in [-0.05, 0) is 38.3 Å². The van der Waals surface area contributed by atoms with Gasteiger partial charge in [0.15, 0.2) is 5.76 Å². The third-order valence-electron chi connectivity index (χ3n) is 4.89. The SMILES string of the molecule is CCC(CC)c1cc(CNC(=O)c2ccn(C3CCCNC3)n2)on1.Cl. The van der Waals surface area contributed by atoms with Crippen molar-refractivity contribution in [2.45, 2.75) is 58.0 Å². The highest BCUT2D eigenvalue weighted by atomic mass is 35.5. The molecule has 2 aromatic heterocycles. The molecule has 3 heterocycles. The van der Waals surface area contributed by atoms with Gasteiger partial charge < -0.3 is 15.2 Å². The molecule has 0 aliphatic carbocycles. The third kappa shape index (κ3) is 4.86. The molecule has 26 heavy (non-hydrogen) atoms. The third-order valence-corrected chi connectivity index (χ3v) is 4.89. The van der Waals surface area contributed by atoms with Crippen LogP contribution < -0.4 is 10.6 Å². The van der Waals surface area contributed by atoms with Crippen molar-refractivity contribution in [1.82, 2.24) is 25.6 Å². The lowest BCUT2D eigenvalue weighted by Gasteiger charge is -2.22.